The fourth-order valence-electron chi connectivity index (χ4n) is 4.75. The lowest BCUT2D eigenvalue weighted by molar-refractivity contribution is -0.306. The molecule has 6 heteroatoms. The number of aliphatic hydroxyl groups is 1. The lowest BCUT2D eigenvalue weighted by Crippen LogP contribution is -2.73. The second-order valence-corrected chi connectivity index (χ2v) is 9.45. The molecule has 1 saturated heterocycles. The molecule has 2 rings (SSSR count). The topological polar surface area (TPSA) is 66.4 Å². The lowest BCUT2D eigenvalue weighted by Gasteiger charge is -2.54. The number of fused-ring (bicyclic) bond motifs is 1. The quantitative estimate of drug-likeness (QED) is 0.327. The van der Waals surface area contributed by atoms with Crippen LogP contribution in [-0.2, 0) is 23.7 Å². The van der Waals surface area contributed by atoms with Gasteiger partial charge in [0.25, 0.3) is 0 Å². The number of rotatable bonds is 16. The normalized spacial score (nSPS) is 33.1. The van der Waals surface area contributed by atoms with E-state index in [2.05, 4.69) is 27.7 Å². The molecular formula is C26H50O6. The Morgan fingerprint density at radius 3 is 1.75 bits per heavy atom. The average Bonchev–Trinajstić information content (AvgIpc) is 2.99. The highest BCUT2D eigenvalue weighted by atomic mass is 16.6. The largest absolute Gasteiger partial charge is 0.384 e. The van der Waals surface area contributed by atoms with Gasteiger partial charge in [0, 0.05) is 33.0 Å². The van der Waals surface area contributed by atoms with E-state index in [1.165, 1.54) is 0 Å². The molecule has 6 nitrogen and oxygen atoms in total. The third-order valence-corrected chi connectivity index (χ3v) is 6.72. The minimum atomic E-state index is -1.14. The van der Waals surface area contributed by atoms with Crippen molar-refractivity contribution in [1.82, 2.24) is 0 Å². The average molecular weight is 459 g/mol. The fourth-order valence-corrected chi connectivity index (χ4v) is 4.75. The van der Waals surface area contributed by atoms with Gasteiger partial charge < -0.3 is 28.8 Å². The van der Waals surface area contributed by atoms with E-state index >= 15 is 0 Å². The van der Waals surface area contributed by atoms with E-state index in [0.717, 1.165) is 64.2 Å². The Labute approximate surface area is 196 Å². The molecule has 6 atom stereocenters. The number of hydrogen-bond donors (Lipinski definition) is 1. The third-order valence-electron chi connectivity index (χ3n) is 6.72. The van der Waals surface area contributed by atoms with Gasteiger partial charge in [-0.05, 0) is 44.9 Å². The van der Waals surface area contributed by atoms with Gasteiger partial charge in [-0.3, -0.25) is 0 Å². The van der Waals surface area contributed by atoms with Gasteiger partial charge in [-0.25, -0.2) is 0 Å². The van der Waals surface area contributed by atoms with E-state index in [9.17, 15) is 5.11 Å². The van der Waals surface area contributed by atoms with E-state index in [-0.39, 0.29) is 18.3 Å². The SMILES string of the molecule is CCCCO[C@@H]1[C@@H](OCCCC)[C@@H]2OCCCC[C@@]2(O)[C@H](OCCCC)[C@H]1OCCCC. The van der Waals surface area contributed by atoms with Crippen LogP contribution in [0, 0.1) is 0 Å². The molecule has 32 heavy (non-hydrogen) atoms. The zero-order valence-corrected chi connectivity index (χ0v) is 21.2. The Balaban J connectivity index is 2.38. The molecule has 0 radical (unpaired) electrons. The van der Waals surface area contributed by atoms with Crippen molar-refractivity contribution in [3.05, 3.63) is 0 Å². The summed E-state index contributed by atoms with van der Waals surface area (Å²) >= 11 is 0. The second-order valence-electron chi connectivity index (χ2n) is 9.45. The van der Waals surface area contributed by atoms with Gasteiger partial charge >= 0.3 is 0 Å². The molecule has 1 aliphatic heterocycles. The van der Waals surface area contributed by atoms with Crippen molar-refractivity contribution in [3.63, 3.8) is 0 Å². The van der Waals surface area contributed by atoms with E-state index in [4.69, 9.17) is 23.7 Å². The smallest absolute Gasteiger partial charge is 0.122 e. The van der Waals surface area contributed by atoms with E-state index in [0.29, 0.717) is 39.5 Å². The Morgan fingerprint density at radius 1 is 0.688 bits per heavy atom. The van der Waals surface area contributed by atoms with Crippen molar-refractivity contribution in [3.8, 4) is 0 Å². The Kier molecular flexibility index (Phi) is 13.7. The van der Waals surface area contributed by atoms with Crippen LogP contribution in [0.4, 0.5) is 0 Å². The van der Waals surface area contributed by atoms with Crippen LogP contribution < -0.4 is 0 Å². The molecule has 1 saturated carbocycles. The fraction of sp³-hybridized carbons (Fsp3) is 1.00. The summed E-state index contributed by atoms with van der Waals surface area (Å²) in [6.07, 6.45) is 8.60. The Morgan fingerprint density at radius 2 is 1.19 bits per heavy atom. The van der Waals surface area contributed by atoms with Crippen molar-refractivity contribution in [1.29, 1.82) is 0 Å². The first-order chi connectivity index (χ1) is 15.6. The van der Waals surface area contributed by atoms with Gasteiger partial charge in [0.2, 0.25) is 0 Å². The first kappa shape index (κ1) is 28.0. The van der Waals surface area contributed by atoms with E-state index in [1.807, 2.05) is 0 Å². The minimum Gasteiger partial charge on any atom is -0.384 e. The molecular weight excluding hydrogens is 408 g/mol. The molecule has 0 unspecified atom stereocenters. The molecule has 190 valence electrons. The standard InChI is InChI=1S/C26H50O6/c1-5-9-16-28-21-22(29-17-10-6-2)24(31-19-12-8-4)26(27)15-13-14-20-32-25(26)23(21)30-18-11-7-3/h21-25,27H,5-20H2,1-4H3/t21-,22-,23+,24+,25-,26+/m0/s1. The summed E-state index contributed by atoms with van der Waals surface area (Å²) in [6, 6.07) is 0. The van der Waals surface area contributed by atoms with Crippen molar-refractivity contribution < 1.29 is 28.8 Å². The summed E-state index contributed by atoms with van der Waals surface area (Å²) in [5.74, 6) is 0. The zero-order chi connectivity index (χ0) is 23.2. The summed E-state index contributed by atoms with van der Waals surface area (Å²) in [5, 5.41) is 12.1. The van der Waals surface area contributed by atoms with Gasteiger partial charge in [0.05, 0.1) is 0 Å². The van der Waals surface area contributed by atoms with Crippen LogP contribution in [0.1, 0.15) is 98.3 Å². The van der Waals surface area contributed by atoms with Crippen molar-refractivity contribution in [2.24, 2.45) is 0 Å². The third kappa shape index (κ3) is 7.64. The monoisotopic (exact) mass is 458 g/mol. The molecule has 0 aromatic carbocycles. The highest BCUT2D eigenvalue weighted by Crippen LogP contribution is 2.43. The van der Waals surface area contributed by atoms with Crippen LogP contribution in [0.2, 0.25) is 0 Å². The van der Waals surface area contributed by atoms with Gasteiger partial charge in [0.1, 0.15) is 36.1 Å². The van der Waals surface area contributed by atoms with Crippen LogP contribution in [0.3, 0.4) is 0 Å². The summed E-state index contributed by atoms with van der Waals surface area (Å²) in [4.78, 5) is 0. The van der Waals surface area contributed by atoms with Gasteiger partial charge in [0.15, 0.2) is 0 Å². The molecule has 0 aromatic heterocycles. The zero-order valence-electron chi connectivity index (χ0n) is 21.2. The van der Waals surface area contributed by atoms with Crippen molar-refractivity contribution in [2.45, 2.75) is 134 Å². The molecule has 0 spiro atoms. The minimum absolute atomic E-state index is 0.315. The highest BCUT2D eigenvalue weighted by Gasteiger charge is 2.62. The molecule has 0 amide bonds. The number of ether oxygens (including phenoxy) is 5. The van der Waals surface area contributed by atoms with Crippen LogP contribution in [-0.4, -0.2) is 74.3 Å². The summed E-state index contributed by atoms with van der Waals surface area (Å²) < 4.78 is 32.1. The Bertz CT molecular complexity index is 475. The van der Waals surface area contributed by atoms with Crippen LogP contribution in [0.5, 0.6) is 0 Å². The predicted molar refractivity (Wildman–Crippen MR) is 127 cm³/mol. The molecule has 1 heterocycles. The van der Waals surface area contributed by atoms with Crippen LogP contribution >= 0.6 is 0 Å². The van der Waals surface area contributed by atoms with E-state index < -0.39 is 17.8 Å². The van der Waals surface area contributed by atoms with Crippen molar-refractivity contribution >= 4 is 0 Å². The number of hydrogen-bond acceptors (Lipinski definition) is 6. The first-order valence-electron chi connectivity index (χ1n) is 13.4. The van der Waals surface area contributed by atoms with Crippen LogP contribution in [0.15, 0.2) is 0 Å². The van der Waals surface area contributed by atoms with Gasteiger partial charge in [-0.1, -0.05) is 53.4 Å². The highest BCUT2D eigenvalue weighted by molar-refractivity contribution is 5.12. The van der Waals surface area contributed by atoms with Crippen molar-refractivity contribution in [2.75, 3.05) is 33.0 Å². The van der Waals surface area contributed by atoms with Gasteiger partial charge in [-0.2, -0.15) is 0 Å². The molecule has 1 N–H and O–H groups in total. The summed E-state index contributed by atoms with van der Waals surface area (Å²) in [7, 11) is 0. The summed E-state index contributed by atoms with van der Waals surface area (Å²) in [6.45, 7) is 11.8. The molecule has 2 aliphatic rings. The van der Waals surface area contributed by atoms with E-state index in [1.54, 1.807) is 0 Å². The Hall–Kier alpha value is -0.240. The lowest BCUT2D eigenvalue weighted by atomic mass is 9.72. The number of unbranched alkanes of at least 4 members (excludes halogenated alkanes) is 4. The molecule has 2 fully saturated rings. The molecule has 1 aliphatic carbocycles. The summed E-state index contributed by atoms with van der Waals surface area (Å²) in [5.41, 5.74) is -1.14. The maximum Gasteiger partial charge on any atom is 0.122 e. The first-order valence-corrected chi connectivity index (χ1v) is 13.4. The van der Waals surface area contributed by atoms with Gasteiger partial charge in [-0.15, -0.1) is 0 Å². The maximum atomic E-state index is 12.1. The molecule has 0 aromatic rings. The maximum absolute atomic E-state index is 12.1. The van der Waals surface area contributed by atoms with Crippen LogP contribution in [0.25, 0.3) is 0 Å². The predicted octanol–water partition coefficient (Wildman–Crippen LogP) is 5.04. The second kappa shape index (κ2) is 15.6. The molecule has 0 bridgehead atoms.